The van der Waals surface area contributed by atoms with E-state index < -0.39 is 11.2 Å². The Labute approximate surface area is 158 Å². The van der Waals surface area contributed by atoms with Crippen molar-refractivity contribution in [2.45, 2.75) is 51.5 Å². The van der Waals surface area contributed by atoms with E-state index >= 15 is 0 Å². The van der Waals surface area contributed by atoms with E-state index in [2.05, 4.69) is 11.9 Å². The Morgan fingerprint density at radius 1 is 1.26 bits per heavy atom. The molecule has 2 atom stereocenters. The van der Waals surface area contributed by atoms with Crippen molar-refractivity contribution in [3.8, 4) is 0 Å². The molecule has 2 saturated heterocycles. The van der Waals surface area contributed by atoms with Gasteiger partial charge in [0.05, 0.1) is 6.42 Å². The molecule has 2 aliphatic heterocycles. The molecule has 2 aliphatic rings. The van der Waals surface area contributed by atoms with Crippen molar-refractivity contribution in [2.24, 2.45) is 13.0 Å². The molecule has 0 spiro atoms. The van der Waals surface area contributed by atoms with Gasteiger partial charge in [-0.15, -0.1) is 0 Å². The minimum atomic E-state index is -0.490. The van der Waals surface area contributed by atoms with Crippen LogP contribution in [0.15, 0.2) is 15.8 Å². The third-order valence-corrected chi connectivity index (χ3v) is 5.84. The number of fused-ring (bicyclic) bond motifs is 1. The molecular formula is C19H28N4O4. The molecule has 2 amide bonds. The van der Waals surface area contributed by atoms with Gasteiger partial charge in [0.25, 0.3) is 5.56 Å². The number of aromatic amines is 1. The van der Waals surface area contributed by atoms with E-state index in [1.165, 1.54) is 13.2 Å². The predicted octanol–water partition coefficient (Wildman–Crippen LogP) is 0.256. The Bertz CT molecular complexity index is 828. The normalized spacial score (nSPS) is 22.7. The second-order valence-electron chi connectivity index (χ2n) is 7.60. The highest BCUT2D eigenvalue weighted by Gasteiger charge is 2.39. The average Bonchev–Trinajstić information content (AvgIpc) is 2.67. The van der Waals surface area contributed by atoms with Crippen molar-refractivity contribution in [3.63, 3.8) is 0 Å². The fraction of sp³-hybridized carbons (Fsp3) is 0.684. The summed E-state index contributed by atoms with van der Waals surface area (Å²) in [6.07, 6.45) is 5.53. The van der Waals surface area contributed by atoms with Gasteiger partial charge < -0.3 is 14.8 Å². The van der Waals surface area contributed by atoms with E-state index in [0.29, 0.717) is 31.0 Å². The van der Waals surface area contributed by atoms with Crippen molar-refractivity contribution in [2.75, 3.05) is 19.6 Å². The summed E-state index contributed by atoms with van der Waals surface area (Å²) in [6, 6.07) is 0.225. The van der Waals surface area contributed by atoms with Gasteiger partial charge in [-0.1, -0.05) is 13.3 Å². The molecule has 1 N–H and O–H groups in total. The lowest BCUT2D eigenvalue weighted by molar-refractivity contribution is -0.144. The van der Waals surface area contributed by atoms with Crippen LogP contribution in [-0.2, 0) is 23.1 Å². The molecule has 0 unspecified atom stereocenters. The number of hydrogen-bond acceptors (Lipinski definition) is 4. The van der Waals surface area contributed by atoms with Crippen LogP contribution >= 0.6 is 0 Å². The van der Waals surface area contributed by atoms with Crippen molar-refractivity contribution in [1.29, 1.82) is 0 Å². The molecule has 148 valence electrons. The molecule has 8 heteroatoms. The Hall–Kier alpha value is -2.38. The fourth-order valence-electron chi connectivity index (χ4n) is 4.21. The highest BCUT2D eigenvalue weighted by atomic mass is 16.2. The van der Waals surface area contributed by atoms with E-state index in [1.54, 1.807) is 4.90 Å². The number of rotatable bonds is 5. The summed E-state index contributed by atoms with van der Waals surface area (Å²) in [5.41, 5.74) is -0.625. The third kappa shape index (κ3) is 3.99. The number of nitrogens with zero attached hydrogens (tertiary/aromatic N) is 3. The number of aromatic nitrogens is 2. The molecular weight excluding hydrogens is 348 g/mol. The van der Waals surface area contributed by atoms with Gasteiger partial charge in [0.2, 0.25) is 11.8 Å². The van der Waals surface area contributed by atoms with Crippen LogP contribution in [0.25, 0.3) is 0 Å². The smallest absolute Gasteiger partial charge is 0.328 e. The van der Waals surface area contributed by atoms with Gasteiger partial charge >= 0.3 is 5.69 Å². The van der Waals surface area contributed by atoms with E-state index in [4.69, 9.17) is 0 Å². The maximum absolute atomic E-state index is 12.7. The number of carbonyl (C=O) groups excluding carboxylic acids is 2. The SMILES string of the molecule is CCCCN1C(=O)CC[C@H]2CN(C(=O)Cc3c[nH]c(=O)n(C)c3=O)CC[C@H]21. The van der Waals surface area contributed by atoms with Gasteiger partial charge in [-0.05, 0) is 25.2 Å². The van der Waals surface area contributed by atoms with Crippen molar-refractivity contribution >= 4 is 11.8 Å². The number of nitrogens with one attached hydrogen (secondary N) is 1. The molecule has 27 heavy (non-hydrogen) atoms. The van der Waals surface area contributed by atoms with Crippen LogP contribution in [0.3, 0.4) is 0 Å². The minimum absolute atomic E-state index is 0.0146. The Kier molecular flexibility index (Phi) is 5.82. The summed E-state index contributed by atoms with van der Waals surface area (Å²) >= 11 is 0. The summed E-state index contributed by atoms with van der Waals surface area (Å²) < 4.78 is 0.979. The first-order valence-corrected chi connectivity index (χ1v) is 9.77. The quantitative estimate of drug-likeness (QED) is 0.797. The van der Waals surface area contributed by atoms with Crippen molar-refractivity contribution in [3.05, 3.63) is 32.6 Å². The molecule has 0 aromatic carbocycles. The van der Waals surface area contributed by atoms with Crippen LogP contribution in [0.2, 0.25) is 0 Å². The van der Waals surface area contributed by atoms with Gasteiger partial charge in [0.15, 0.2) is 0 Å². The number of carbonyl (C=O) groups is 2. The van der Waals surface area contributed by atoms with Gasteiger partial charge in [-0.3, -0.25) is 19.0 Å². The Morgan fingerprint density at radius 2 is 2.04 bits per heavy atom. The maximum atomic E-state index is 12.7. The number of H-pyrrole nitrogens is 1. The highest BCUT2D eigenvalue weighted by Crippen LogP contribution is 2.31. The monoisotopic (exact) mass is 376 g/mol. The Balaban J connectivity index is 1.66. The van der Waals surface area contributed by atoms with Crippen LogP contribution < -0.4 is 11.2 Å². The fourth-order valence-corrected chi connectivity index (χ4v) is 4.21. The molecule has 0 saturated carbocycles. The van der Waals surface area contributed by atoms with E-state index in [0.717, 1.165) is 36.8 Å². The second-order valence-corrected chi connectivity index (χ2v) is 7.60. The molecule has 1 aromatic rings. The molecule has 0 radical (unpaired) electrons. The largest absolute Gasteiger partial charge is 0.342 e. The minimum Gasteiger partial charge on any atom is -0.342 e. The van der Waals surface area contributed by atoms with Crippen LogP contribution in [0.1, 0.15) is 44.6 Å². The van der Waals surface area contributed by atoms with Crippen molar-refractivity contribution in [1.82, 2.24) is 19.4 Å². The predicted molar refractivity (Wildman–Crippen MR) is 100 cm³/mol. The van der Waals surface area contributed by atoms with Gasteiger partial charge in [0.1, 0.15) is 0 Å². The van der Waals surface area contributed by atoms with E-state index in [-0.39, 0.29) is 24.3 Å². The van der Waals surface area contributed by atoms with Crippen LogP contribution in [0.5, 0.6) is 0 Å². The number of piperidine rings is 2. The molecule has 3 heterocycles. The summed E-state index contributed by atoms with van der Waals surface area (Å²) in [7, 11) is 1.39. The van der Waals surface area contributed by atoms with Crippen LogP contribution in [0, 0.1) is 5.92 Å². The van der Waals surface area contributed by atoms with Crippen LogP contribution in [-0.4, -0.2) is 56.8 Å². The lowest BCUT2D eigenvalue weighted by Gasteiger charge is -2.47. The van der Waals surface area contributed by atoms with Gasteiger partial charge in [-0.25, -0.2) is 4.79 Å². The summed E-state index contributed by atoms with van der Waals surface area (Å²) in [6.45, 7) is 4.15. The van der Waals surface area contributed by atoms with E-state index in [9.17, 15) is 19.2 Å². The lowest BCUT2D eigenvalue weighted by atomic mass is 9.83. The Morgan fingerprint density at radius 3 is 2.78 bits per heavy atom. The molecule has 1 aromatic heterocycles. The highest BCUT2D eigenvalue weighted by molar-refractivity contribution is 5.79. The number of likely N-dealkylation sites (tertiary alicyclic amines) is 2. The number of unbranched alkanes of at least 4 members (excludes halogenated alkanes) is 1. The zero-order valence-corrected chi connectivity index (χ0v) is 16.1. The summed E-state index contributed by atoms with van der Waals surface area (Å²) in [4.78, 5) is 54.9. The first kappa shape index (κ1) is 19.4. The zero-order valence-electron chi connectivity index (χ0n) is 16.1. The average molecular weight is 376 g/mol. The van der Waals surface area contributed by atoms with Gasteiger partial charge in [0, 0.05) is 50.9 Å². The standard InChI is InChI=1S/C19H28N4O4/c1-3-4-8-23-15-7-9-22(12-13(15)5-6-16(23)24)17(25)10-14-11-20-19(27)21(2)18(14)26/h11,13,15H,3-10,12H2,1-2H3,(H,20,27)/t13-,15+/m0/s1. The second kappa shape index (κ2) is 8.10. The van der Waals surface area contributed by atoms with E-state index in [1.807, 2.05) is 4.90 Å². The third-order valence-electron chi connectivity index (χ3n) is 5.84. The molecule has 3 rings (SSSR count). The zero-order chi connectivity index (χ0) is 19.6. The first-order valence-electron chi connectivity index (χ1n) is 9.77. The first-order chi connectivity index (χ1) is 12.9. The van der Waals surface area contributed by atoms with Crippen molar-refractivity contribution < 1.29 is 9.59 Å². The maximum Gasteiger partial charge on any atom is 0.328 e. The number of hydrogen-bond donors (Lipinski definition) is 1. The lowest BCUT2D eigenvalue weighted by Crippen LogP contribution is -2.57. The summed E-state index contributed by atoms with van der Waals surface area (Å²) in [5.74, 6) is 0.437. The topological polar surface area (TPSA) is 95.5 Å². The van der Waals surface area contributed by atoms with Gasteiger partial charge in [-0.2, -0.15) is 0 Å². The molecule has 0 bridgehead atoms. The molecule has 2 fully saturated rings. The summed E-state index contributed by atoms with van der Waals surface area (Å²) in [5, 5.41) is 0. The molecule has 8 nitrogen and oxygen atoms in total. The van der Waals surface area contributed by atoms with Crippen LogP contribution in [0.4, 0.5) is 0 Å². The number of amides is 2. The molecule has 0 aliphatic carbocycles.